The van der Waals surface area contributed by atoms with Gasteiger partial charge in [-0.25, -0.2) is 0 Å². The summed E-state index contributed by atoms with van der Waals surface area (Å²) in [7, 11) is 0. The van der Waals surface area contributed by atoms with Crippen LogP contribution in [0, 0.1) is 0 Å². The second-order valence-electron chi connectivity index (χ2n) is 4.22. The Morgan fingerprint density at radius 2 is 1.70 bits per heavy atom. The molecule has 0 aliphatic carbocycles. The Bertz CT molecular complexity index is 623. The summed E-state index contributed by atoms with van der Waals surface area (Å²) < 4.78 is 0. The van der Waals surface area contributed by atoms with E-state index < -0.39 is 0 Å². The average Bonchev–Trinajstić information content (AvgIpc) is 2.48. The van der Waals surface area contributed by atoms with Crippen LogP contribution in [0.1, 0.15) is 12.5 Å². The van der Waals surface area contributed by atoms with Crippen LogP contribution in [-0.4, -0.2) is 10.8 Å². The standard InChI is InChI=1S/C15H16N4S/c1-11(12-7-3-2-4-8-12)18-19-15(20)17-14-10-6-5-9-13(14)16/h2-10H,16H2,1H3,(H2,17,19,20)/b18-11-. The molecule has 0 aromatic heterocycles. The number of benzene rings is 2. The van der Waals surface area contributed by atoms with Gasteiger partial charge in [-0.15, -0.1) is 0 Å². The van der Waals surface area contributed by atoms with E-state index in [1.807, 2.05) is 61.5 Å². The third-order valence-electron chi connectivity index (χ3n) is 2.73. The topological polar surface area (TPSA) is 62.4 Å². The second kappa shape index (κ2) is 6.68. The van der Waals surface area contributed by atoms with Gasteiger partial charge in [0.2, 0.25) is 0 Å². The van der Waals surface area contributed by atoms with Crippen LogP contribution in [0.15, 0.2) is 59.7 Å². The van der Waals surface area contributed by atoms with Crippen molar-refractivity contribution >= 4 is 34.4 Å². The van der Waals surface area contributed by atoms with E-state index in [1.54, 1.807) is 0 Å². The van der Waals surface area contributed by atoms with Crippen molar-refractivity contribution in [2.45, 2.75) is 6.92 Å². The smallest absolute Gasteiger partial charge is 0.191 e. The SMILES string of the molecule is C/C(=N/NC(=S)Nc1ccccc1N)c1ccccc1. The molecule has 0 heterocycles. The molecule has 0 bridgehead atoms. The first kappa shape index (κ1) is 14.0. The van der Waals surface area contributed by atoms with Gasteiger partial charge in [-0.05, 0) is 36.8 Å². The Balaban J connectivity index is 1.97. The highest BCUT2D eigenvalue weighted by Crippen LogP contribution is 2.16. The summed E-state index contributed by atoms with van der Waals surface area (Å²) >= 11 is 5.18. The summed E-state index contributed by atoms with van der Waals surface area (Å²) in [6.45, 7) is 1.92. The molecule has 102 valence electrons. The molecule has 0 saturated heterocycles. The van der Waals surface area contributed by atoms with E-state index in [1.165, 1.54) is 0 Å². The van der Waals surface area contributed by atoms with E-state index in [0.717, 1.165) is 17.0 Å². The fourth-order valence-electron chi connectivity index (χ4n) is 1.64. The summed E-state index contributed by atoms with van der Waals surface area (Å²) in [5.41, 5.74) is 11.9. The molecule has 0 aliphatic heterocycles. The lowest BCUT2D eigenvalue weighted by Gasteiger charge is -2.10. The summed E-state index contributed by atoms with van der Waals surface area (Å²) in [5.74, 6) is 0. The van der Waals surface area contributed by atoms with Crippen LogP contribution in [-0.2, 0) is 0 Å². The zero-order chi connectivity index (χ0) is 14.4. The number of hydrazone groups is 1. The predicted molar refractivity (Wildman–Crippen MR) is 88.9 cm³/mol. The van der Waals surface area contributed by atoms with Gasteiger partial charge in [0, 0.05) is 0 Å². The fourth-order valence-corrected chi connectivity index (χ4v) is 1.80. The highest BCUT2D eigenvalue weighted by Gasteiger charge is 2.00. The summed E-state index contributed by atoms with van der Waals surface area (Å²) in [6.07, 6.45) is 0. The van der Waals surface area contributed by atoms with Crippen molar-refractivity contribution in [2.75, 3.05) is 11.1 Å². The maximum Gasteiger partial charge on any atom is 0.191 e. The Kier molecular flexibility index (Phi) is 4.68. The maximum absolute atomic E-state index is 5.83. The molecule has 4 nitrogen and oxygen atoms in total. The van der Waals surface area contributed by atoms with Gasteiger partial charge in [0.25, 0.3) is 0 Å². The highest BCUT2D eigenvalue weighted by molar-refractivity contribution is 7.80. The quantitative estimate of drug-likeness (QED) is 0.351. The molecule has 0 fully saturated rings. The van der Waals surface area contributed by atoms with Crippen LogP contribution in [0.4, 0.5) is 11.4 Å². The molecule has 2 rings (SSSR count). The number of thiocarbonyl (C=S) groups is 1. The number of para-hydroxylation sites is 2. The molecule has 0 radical (unpaired) electrons. The molecule has 2 aromatic carbocycles. The number of hydrogen-bond donors (Lipinski definition) is 3. The van der Waals surface area contributed by atoms with E-state index in [0.29, 0.717) is 10.8 Å². The Morgan fingerprint density at radius 3 is 2.40 bits per heavy atom. The normalized spacial score (nSPS) is 10.9. The van der Waals surface area contributed by atoms with Crippen LogP contribution in [0.2, 0.25) is 0 Å². The van der Waals surface area contributed by atoms with E-state index in [-0.39, 0.29) is 0 Å². The van der Waals surface area contributed by atoms with Crippen molar-refractivity contribution < 1.29 is 0 Å². The van der Waals surface area contributed by atoms with Crippen molar-refractivity contribution in [1.29, 1.82) is 0 Å². The van der Waals surface area contributed by atoms with Crippen LogP contribution in [0.5, 0.6) is 0 Å². The lowest BCUT2D eigenvalue weighted by Crippen LogP contribution is -2.25. The van der Waals surface area contributed by atoms with Crippen LogP contribution in [0.3, 0.4) is 0 Å². The van der Waals surface area contributed by atoms with Gasteiger partial charge in [0.15, 0.2) is 5.11 Å². The minimum absolute atomic E-state index is 0.401. The van der Waals surface area contributed by atoms with E-state index in [9.17, 15) is 0 Å². The van der Waals surface area contributed by atoms with Crippen LogP contribution < -0.4 is 16.5 Å². The van der Waals surface area contributed by atoms with Gasteiger partial charge in [-0.1, -0.05) is 42.5 Å². The van der Waals surface area contributed by atoms with E-state index in [4.69, 9.17) is 18.0 Å². The summed E-state index contributed by atoms with van der Waals surface area (Å²) in [6, 6.07) is 17.3. The van der Waals surface area contributed by atoms with Gasteiger partial charge in [0.05, 0.1) is 17.1 Å². The highest BCUT2D eigenvalue weighted by atomic mass is 32.1. The largest absolute Gasteiger partial charge is 0.397 e. The molecule has 2 aromatic rings. The maximum atomic E-state index is 5.83. The number of nitrogens with two attached hydrogens (primary N) is 1. The lowest BCUT2D eigenvalue weighted by atomic mass is 10.1. The molecule has 0 saturated carbocycles. The minimum Gasteiger partial charge on any atom is -0.397 e. The van der Waals surface area contributed by atoms with Crippen molar-refractivity contribution in [3.63, 3.8) is 0 Å². The van der Waals surface area contributed by atoms with Gasteiger partial charge < -0.3 is 11.1 Å². The molecule has 5 heteroatoms. The average molecular weight is 284 g/mol. The van der Waals surface area contributed by atoms with Crippen molar-refractivity contribution in [1.82, 2.24) is 5.43 Å². The lowest BCUT2D eigenvalue weighted by molar-refractivity contribution is 1.04. The molecule has 0 atom stereocenters. The number of hydrogen-bond acceptors (Lipinski definition) is 3. The number of nitrogens with one attached hydrogen (secondary N) is 2. The van der Waals surface area contributed by atoms with Crippen LogP contribution in [0.25, 0.3) is 0 Å². The Morgan fingerprint density at radius 1 is 1.05 bits per heavy atom. The Labute approximate surface area is 123 Å². The molecule has 0 unspecified atom stereocenters. The second-order valence-corrected chi connectivity index (χ2v) is 4.62. The van der Waals surface area contributed by atoms with Crippen LogP contribution >= 0.6 is 12.2 Å². The zero-order valence-electron chi connectivity index (χ0n) is 11.1. The van der Waals surface area contributed by atoms with Crippen molar-refractivity contribution in [3.8, 4) is 0 Å². The molecule has 4 N–H and O–H groups in total. The molecular weight excluding hydrogens is 268 g/mol. The summed E-state index contributed by atoms with van der Waals surface area (Å²) in [5, 5.41) is 7.65. The zero-order valence-corrected chi connectivity index (χ0v) is 11.9. The molecule has 20 heavy (non-hydrogen) atoms. The van der Waals surface area contributed by atoms with Gasteiger partial charge in [-0.3, -0.25) is 5.43 Å². The number of nitrogen functional groups attached to an aromatic ring is 1. The minimum atomic E-state index is 0.401. The van der Waals surface area contributed by atoms with E-state index >= 15 is 0 Å². The number of rotatable bonds is 3. The Hall–Kier alpha value is -2.40. The molecule has 0 spiro atoms. The molecule has 0 aliphatic rings. The van der Waals surface area contributed by atoms with Crippen molar-refractivity contribution in [2.24, 2.45) is 5.10 Å². The van der Waals surface area contributed by atoms with Gasteiger partial charge in [-0.2, -0.15) is 5.10 Å². The van der Waals surface area contributed by atoms with Gasteiger partial charge >= 0.3 is 0 Å². The summed E-state index contributed by atoms with van der Waals surface area (Å²) in [4.78, 5) is 0. The van der Waals surface area contributed by atoms with Crippen molar-refractivity contribution in [3.05, 3.63) is 60.2 Å². The number of nitrogens with zero attached hydrogens (tertiary/aromatic N) is 1. The fraction of sp³-hybridized carbons (Fsp3) is 0.0667. The first-order chi connectivity index (χ1) is 9.66. The predicted octanol–water partition coefficient (Wildman–Crippen LogP) is 2.98. The van der Waals surface area contributed by atoms with Gasteiger partial charge in [0.1, 0.15) is 0 Å². The monoisotopic (exact) mass is 284 g/mol. The third-order valence-corrected chi connectivity index (χ3v) is 2.92. The first-order valence-electron chi connectivity index (χ1n) is 6.18. The van der Waals surface area contributed by atoms with E-state index in [2.05, 4.69) is 15.8 Å². The molecular formula is C15H16N4S. The third kappa shape index (κ3) is 3.80. The molecule has 0 amide bonds. The first-order valence-corrected chi connectivity index (χ1v) is 6.59. The number of anilines is 2.